The molecule has 0 aliphatic carbocycles. The molecule has 0 spiro atoms. The van der Waals surface area contributed by atoms with Crippen LogP contribution in [0.2, 0.25) is 0 Å². The molecule has 1 unspecified atom stereocenters. The molecule has 0 saturated carbocycles. The lowest BCUT2D eigenvalue weighted by atomic mass is 9.98. The second kappa shape index (κ2) is 10.1. The third-order valence-electron chi connectivity index (χ3n) is 6.35. The van der Waals surface area contributed by atoms with E-state index in [1.807, 2.05) is 31.2 Å². The van der Waals surface area contributed by atoms with Gasteiger partial charge in [0.15, 0.2) is 6.10 Å². The maximum atomic E-state index is 13.0. The zero-order valence-electron chi connectivity index (χ0n) is 19.5. The third kappa shape index (κ3) is 4.95. The van der Waals surface area contributed by atoms with Crippen LogP contribution in [-0.2, 0) is 30.8 Å². The molecule has 34 heavy (non-hydrogen) atoms. The highest BCUT2D eigenvalue weighted by molar-refractivity contribution is 7.89. The number of fused-ring (bicyclic) bond motifs is 1. The van der Waals surface area contributed by atoms with Gasteiger partial charge in [0.1, 0.15) is 5.75 Å². The van der Waals surface area contributed by atoms with Crippen LogP contribution in [0.4, 0.5) is 5.69 Å². The molecule has 9 heteroatoms. The number of amides is 1. The van der Waals surface area contributed by atoms with Crippen molar-refractivity contribution in [3.8, 4) is 5.75 Å². The molecule has 2 aliphatic heterocycles. The summed E-state index contributed by atoms with van der Waals surface area (Å²) in [7, 11) is -3.65. The molecular formula is C25H30N2O6S. The first kappa shape index (κ1) is 24.2. The zero-order valence-corrected chi connectivity index (χ0v) is 20.3. The molecule has 0 radical (unpaired) electrons. The number of nitrogens with zero attached hydrogens (tertiary/aromatic N) is 2. The second-order valence-electron chi connectivity index (χ2n) is 8.53. The van der Waals surface area contributed by atoms with Gasteiger partial charge in [0, 0.05) is 25.3 Å². The van der Waals surface area contributed by atoms with Gasteiger partial charge in [-0.25, -0.2) is 8.42 Å². The van der Waals surface area contributed by atoms with E-state index in [9.17, 15) is 18.0 Å². The summed E-state index contributed by atoms with van der Waals surface area (Å²) in [5.74, 6) is -0.517. The molecule has 0 aromatic heterocycles. The smallest absolute Gasteiger partial charge is 0.309 e. The molecule has 1 saturated heterocycles. The number of para-hydroxylation sites is 1. The lowest BCUT2D eigenvalue weighted by Crippen LogP contribution is -2.43. The van der Waals surface area contributed by atoms with Gasteiger partial charge in [0.25, 0.3) is 5.91 Å². The molecular weight excluding hydrogens is 456 g/mol. The fourth-order valence-electron chi connectivity index (χ4n) is 4.46. The quantitative estimate of drug-likeness (QED) is 0.559. The average Bonchev–Trinajstić information content (AvgIpc) is 3.28. The minimum atomic E-state index is -3.65. The SMILES string of the molecule is CCOc1ccc(S(=O)(=O)N2CCC(C(=O)OC(C)C(=O)N3CCc4ccccc43)CC2)cc1. The van der Waals surface area contributed by atoms with E-state index in [2.05, 4.69) is 0 Å². The molecule has 1 fully saturated rings. The summed E-state index contributed by atoms with van der Waals surface area (Å²) in [6.07, 6.45) is 0.582. The summed E-state index contributed by atoms with van der Waals surface area (Å²) in [6.45, 7) is 4.97. The van der Waals surface area contributed by atoms with Gasteiger partial charge in [-0.2, -0.15) is 4.31 Å². The lowest BCUT2D eigenvalue weighted by Gasteiger charge is -2.31. The molecule has 0 N–H and O–H groups in total. The fourth-order valence-corrected chi connectivity index (χ4v) is 5.93. The summed E-state index contributed by atoms with van der Waals surface area (Å²) in [5.41, 5.74) is 1.97. The highest BCUT2D eigenvalue weighted by Gasteiger charge is 2.35. The van der Waals surface area contributed by atoms with Gasteiger partial charge in [-0.15, -0.1) is 0 Å². The van der Waals surface area contributed by atoms with Crippen LogP contribution in [0.25, 0.3) is 0 Å². The summed E-state index contributed by atoms with van der Waals surface area (Å²) in [6, 6.07) is 14.1. The molecule has 1 amide bonds. The number of ether oxygens (including phenoxy) is 2. The van der Waals surface area contributed by atoms with E-state index in [1.165, 1.54) is 16.4 Å². The largest absolute Gasteiger partial charge is 0.494 e. The van der Waals surface area contributed by atoms with Crippen LogP contribution in [0.3, 0.4) is 0 Å². The summed E-state index contributed by atoms with van der Waals surface area (Å²) in [5, 5.41) is 0. The predicted molar refractivity (Wildman–Crippen MR) is 127 cm³/mol. The Hall–Kier alpha value is -2.91. The number of sulfonamides is 1. The van der Waals surface area contributed by atoms with E-state index < -0.39 is 28.0 Å². The Morgan fingerprint density at radius 1 is 1.03 bits per heavy atom. The Morgan fingerprint density at radius 2 is 1.71 bits per heavy atom. The number of benzene rings is 2. The van der Waals surface area contributed by atoms with Gasteiger partial charge in [-0.05, 0) is 69.0 Å². The predicted octanol–water partition coefficient (Wildman–Crippen LogP) is 3.01. The van der Waals surface area contributed by atoms with Gasteiger partial charge in [-0.3, -0.25) is 9.59 Å². The number of esters is 1. The van der Waals surface area contributed by atoms with Gasteiger partial charge in [0.05, 0.1) is 17.4 Å². The molecule has 1 atom stereocenters. The van der Waals surface area contributed by atoms with Crippen molar-refractivity contribution in [2.45, 2.75) is 44.1 Å². The van der Waals surface area contributed by atoms with Crippen LogP contribution < -0.4 is 9.64 Å². The number of anilines is 1. The molecule has 0 bridgehead atoms. The number of piperidine rings is 1. The third-order valence-corrected chi connectivity index (χ3v) is 8.27. The molecule has 8 nitrogen and oxygen atoms in total. The minimum Gasteiger partial charge on any atom is -0.494 e. The van der Waals surface area contributed by atoms with Gasteiger partial charge < -0.3 is 14.4 Å². The van der Waals surface area contributed by atoms with E-state index in [1.54, 1.807) is 24.0 Å². The Labute approximate surface area is 200 Å². The molecule has 182 valence electrons. The van der Waals surface area contributed by atoms with Crippen LogP contribution in [0, 0.1) is 5.92 Å². The van der Waals surface area contributed by atoms with E-state index in [-0.39, 0.29) is 23.9 Å². The van der Waals surface area contributed by atoms with E-state index in [0.29, 0.717) is 31.7 Å². The summed E-state index contributed by atoms with van der Waals surface area (Å²) >= 11 is 0. The van der Waals surface area contributed by atoms with Gasteiger partial charge in [-0.1, -0.05) is 18.2 Å². The Bertz CT molecular complexity index is 1140. The first-order chi connectivity index (χ1) is 16.3. The first-order valence-corrected chi connectivity index (χ1v) is 13.1. The second-order valence-corrected chi connectivity index (χ2v) is 10.5. The molecule has 2 aliphatic rings. The van der Waals surface area contributed by atoms with Crippen molar-refractivity contribution in [1.29, 1.82) is 0 Å². The normalized spacial score (nSPS) is 17.8. The molecule has 2 heterocycles. The van der Waals surface area contributed by atoms with E-state index in [4.69, 9.17) is 9.47 Å². The zero-order chi connectivity index (χ0) is 24.3. The standard InChI is InChI=1S/C25H30N2O6S/c1-3-32-21-8-10-22(11-9-21)34(30,31)26-15-12-20(13-16-26)25(29)33-18(2)24(28)27-17-14-19-6-4-5-7-23(19)27/h4-11,18,20H,3,12-17H2,1-2H3. The highest BCUT2D eigenvalue weighted by Crippen LogP contribution is 2.29. The number of hydrogen-bond donors (Lipinski definition) is 0. The maximum absolute atomic E-state index is 13.0. The fraction of sp³-hybridized carbons (Fsp3) is 0.440. The minimum absolute atomic E-state index is 0.196. The number of carbonyl (C=O) groups is 2. The molecule has 4 rings (SSSR count). The van der Waals surface area contributed by atoms with Crippen molar-refractivity contribution in [1.82, 2.24) is 4.31 Å². The lowest BCUT2D eigenvalue weighted by molar-refractivity contribution is -0.159. The topological polar surface area (TPSA) is 93.2 Å². The van der Waals surface area contributed by atoms with Crippen molar-refractivity contribution < 1.29 is 27.5 Å². The molecule has 2 aromatic rings. The maximum Gasteiger partial charge on any atom is 0.309 e. The van der Waals surface area contributed by atoms with Crippen LogP contribution in [0.1, 0.15) is 32.3 Å². The molecule has 2 aromatic carbocycles. The van der Waals surface area contributed by atoms with Gasteiger partial charge >= 0.3 is 5.97 Å². The monoisotopic (exact) mass is 486 g/mol. The first-order valence-electron chi connectivity index (χ1n) is 11.6. The Morgan fingerprint density at radius 3 is 2.38 bits per heavy atom. The average molecular weight is 487 g/mol. The van der Waals surface area contributed by atoms with Crippen molar-refractivity contribution in [2.24, 2.45) is 5.92 Å². The van der Waals surface area contributed by atoms with E-state index >= 15 is 0 Å². The Kier molecular flexibility index (Phi) is 7.23. The van der Waals surface area contributed by atoms with Crippen molar-refractivity contribution in [3.05, 3.63) is 54.1 Å². The number of carbonyl (C=O) groups excluding carboxylic acids is 2. The number of rotatable bonds is 7. The van der Waals surface area contributed by atoms with E-state index in [0.717, 1.165) is 17.7 Å². The van der Waals surface area contributed by atoms with Crippen LogP contribution in [0.5, 0.6) is 5.75 Å². The number of hydrogen-bond acceptors (Lipinski definition) is 6. The van der Waals surface area contributed by atoms with Crippen molar-refractivity contribution in [3.63, 3.8) is 0 Å². The summed E-state index contributed by atoms with van der Waals surface area (Å²) in [4.78, 5) is 27.5. The van der Waals surface area contributed by atoms with Crippen molar-refractivity contribution in [2.75, 3.05) is 31.1 Å². The van der Waals surface area contributed by atoms with Crippen molar-refractivity contribution >= 4 is 27.6 Å². The Balaban J connectivity index is 1.31. The summed E-state index contributed by atoms with van der Waals surface area (Å²) < 4.78 is 38.2. The van der Waals surface area contributed by atoms with Crippen LogP contribution in [0.15, 0.2) is 53.4 Å². The van der Waals surface area contributed by atoms with Gasteiger partial charge in [0.2, 0.25) is 10.0 Å². The van der Waals surface area contributed by atoms with Crippen LogP contribution >= 0.6 is 0 Å². The van der Waals surface area contributed by atoms with Crippen LogP contribution in [-0.4, -0.2) is 56.9 Å². The highest BCUT2D eigenvalue weighted by atomic mass is 32.2.